The minimum Gasteiger partial charge on any atom is -0.371 e. The Balaban J connectivity index is 2.55. The van der Waals surface area contributed by atoms with E-state index >= 15 is 0 Å². The first kappa shape index (κ1) is 13.2. The molecule has 92 valence electrons. The number of likely N-dealkylation sites (tertiary alicyclic amines) is 1. The first-order valence-corrected chi connectivity index (χ1v) is 6.31. The molecule has 3 nitrogen and oxygen atoms in total. The molecule has 0 atom stereocenters. The van der Waals surface area contributed by atoms with Crippen molar-refractivity contribution >= 4 is 5.71 Å². The summed E-state index contributed by atoms with van der Waals surface area (Å²) in [4.78, 5) is 7.08. The molecule has 1 N–H and O–H groups in total. The highest BCUT2D eigenvalue weighted by atomic mass is 15.1. The van der Waals surface area contributed by atoms with E-state index < -0.39 is 0 Å². The smallest absolute Gasteiger partial charge is 0.121 e. The van der Waals surface area contributed by atoms with Crippen LogP contribution in [0.3, 0.4) is 0 Å². The third kappa shape index (κ3) is 3.97. The summed E-state index contributed by atoms with van der Waals surface area (Å²) in [5.74, 6) is 1.68. The fraction of sp³-hybridized carbons (Fsp3) is 0.769. The molecule has 1 aliphatic heterocycles. The van der Waals surface area contributed by atoms with Gasteiger partial charge in [-0.25, -0.2) is 4.99 Å². The number of hydrogen-bond acceptors (Lipinski definition) is 3. The maximum absolute atomic E-state index is 4.68. The second-order valence-electron chi connectivity index (χ2n) is 4.53. The van der Waals surface area contributed by atoms with Crippen molar-refractivity contribution < 1.29 is 0 Å². The highest BCUT2D eigenvalue weighted by Gasteiger charge is 2.18. The molecular weight excluding hydrogens is 198 g/mol. The minimum absolute atomic E-state index is 0.671. The number of hydrogen-bond donors (Lipinski definition) is 1. The standard InChI is InChI=1S/C13H25N3/c1-5-13(14-6-2)15-11(3)12-7-9-16(4)10-8-12/h5,12,14H,6-10H2,1-4H3/b13-5-,15-11+. The molecule has 3 heteroatoms. The number of aliphatic imine (C=N–C) groups is 1. The van der Waals surface area contributed by atoms with Crippen molar-refractivity contribution in [3.8, 4) is 0 Å². The average Bonchev–Trinajstić information content (AvgIpc) is 2.29. The molecule has 0 bridgehead atoms. The van der Waals surface area contributed by atoms with E-state index in [1.165, 1.54) is 31.6 Å². The summed E-state index contributed by atoms with van der Waals surface area (Å²) in [6.07, 6.45) is 4.53. The van der Waals surface area contributed by atoms with Crippen LogP contribution in [-0.4, -0.2) is 37.3 Å². The summed E-state index contributed by atoms with van der Waals surface area (Å²) in [7, 11) is 2.19. The van der Waals surface area contributed by atoms with Gasteiger partial charge in [-0.3, -0.25) is 0 Å². The molecule has 16 heavy (non-hydrogen) atoms. The van der Waals surface area contributed by atoms with E-state index in [1.807, 2.05) is 13.0 Å². The lowest BCUT2D eigenvalue weighted by molar-refractivity contribution is 0.251. The summed E-state index contributed by atoms with van der Waals surface area (Å²) in [5.41, 5.74) is 1.28. The SMILES string of the molecule is C/C=C(\N=C(/C)C1CCN(C)CC1)NCC. The van der Waals surface area contributed by atoms with Gasteiger partial charge in [-0.2, -0.15) is 0 Å². The zero-order chi connectivity index (χ0) is 12.0. The molecule has 1 heterocycles. The van der Waals surface area contributed by atoms with E-state index in [1.54, 1.807) is 0 Å². The molecule has 0 radical (unpaired) electrons. The van der Waals surface area contributed by atoms with Crippen molar-refractivity contribution in [1.82, 2.24) is 10.2 Å². The summed E-state index contributed by atoms with van der Waals surface area (Å²) in [6, 6.07) is 0. The zero-order valence-corrected chi connectivity index (χ0v) is 11.1. The molecule has 1 saturated heterocycles. The van der Waals surface area contributed by atoms with Gasteiger partial charge in [0.1, 0.15) is 5.82 Å². The van der Waals surface area contributed by atoms with Crippen molar-refractivity contribution in [3.05, 3.63) is 11.9 Å². The van der Waals surface area contributed by atoms with Gasteiger partial charge in [0.05, 0.1) is 0 Å². The van der Waals surface area contributed by atoms with Crippen LogP contribution in [0.25, 0.3) is 0 Å². The molecular formula is C13H25N3. The quantitative estimate of drug-likeness (QED) is 0.740. The Morgan fingerprint density at radius 3 is 2.56 bits per heavy atom. The molecule has 0 saturated carbocycles. The molecule has 0 spiro atoms. The lowest BCUT2D eigenvalue weighted by Gasteiger charge is -2.28. The first-order valence-electron chi connectivity index (χ1n) is 6.31. The number of allylic oxidation sites excluding steroid dienone is 1. The summed E-state index contributed by atoms with van der Waals surface area (Å²) in [6.45, 7) is 9.63. The molecule has 0 aromatic carbocycles. The average molecular weight is 223 g/mol. The molecule has 0 unspecified atom stereocenters. The van der Waals surface area contributed by atoms with Gasteiger partial charge in [-0.1, -0.05) is 0 Å². The van der Waals surface area contributed by atoms with Crippen molar-refractivity contribution in [2.75, 3.05) is 26.7 Å². The molecule has 1 fully saturated rings. The maximum atomic E-state index is 4.68. The monoisotopic (exact) mass is 223 g/mol. The largest absolute Gasteiger partial charge is 0.371 e. The fourth-order valence-corrected chi connectivity index (χ4v) is 2.09. The van der Waals surface area contributed by atoms with Gasteiger partial charge in [0.25, 0.3) is 0 Å². The van der Waals surface area contributed by atoms with Gasteiger partial charge < -0.3 is 10.2 Å². The van der Waals surface area contributed by atoms with E-state index in [4.69, 9.17) is 0 Å². The Morgan fingerprint density at radius 1 is 1.44 bits per heavy atom. The lowest BCUT2D eigenvalue weighted by atomic mass is 9.93. The summed E-state index contributed by atoms with van der Waals surface area (Å²) in [5, 5.41) is 3.27. The number of rotatable bonds is 4. The Hall–Kier alpha value is -0.830. The second kappa shape index (κ2) is 6.69. The normalized spacial score (nSPS) is 21.2. The van der Waals surface area contributed by atoms with Crippen LogP contribution in [-0.2, 0) is 0 Å². The van der Waals surface area contributed by atoms with E-state index in [-0.39, 0.29) is 0 Å². The summed E-state index contributed by atoms with van der Waals surface area (Å²) < 4.78 is 0. The predicted molar refractivity (Wildman–Crippen MR) is 70.8 cm³/mol. The van der Waals surface area contributed by atoms with Gasteiger partial charge >= 0.3 is 0 Å². The van der Waals surface area contributed by atoms with E-state index in [0.717, 1.165) is 12.4 Å². The van der Waals surface area contributed by atoms with Crippen LogP contribution < -0.4 is 5.32 Å². The molecule has 0 aromatic rings. The van der Waals surface area contributed by atoms with E-state index in [2.05, 4.69) is 36.1 Å². The number of piperidine rings is 1. The van der Waals surface area contributed by atoms with Crippen molar-refractivity contribution in [2.45, 2.75) is 33.6 Å². The number of nitrogens with one attached hydrogen (secondary N) is 1. The minimum atomic E-state index is 0.671. The molecule has 0 amide bonds. The van der Waals surface area contributed by atoms with Gasteiger partial charge in [0.15, 0.2) is 0 Å². The van der Waals surface area contributed by atoms with Crippen molar-refractivity contribution in [3.63, 3.8) is 0 Å². The molecule has 0 aliphatic carbocycles. The van der Waals surface area contributed by atoms with Crippen LogP contribution in [0.1, 0.15) is 33.6 Å². The van der Waals surface area contributed by atoms with Crippen LogP contribution in [0.15, 0.2) is 16.9 Å². The van der Waals surface area contributed by atoms with Crippen LogP contribution in [0.5, 0.6) is 0 Å². The molecule has 0 aromatic heterocycles. The van der Waals surface area contributed by atoms with Gasteiger partial charge in [0.2, 0.25) is 0 Å². The predicted octanol–water partition coefficient (Wildman–Crippen LogP) is 2.26. The third-order valence-electron chi connectivity index (χ3n) is 3.24. The highest BCUT2D eigenvalue weighted by Crippen LogP contribution is 2.18. The summed E-state index contributed by atoms with van der Waals surface area (Å²) >= 11 is 0. The van der Waals surface area contributed by atoms with Crippen LogP contribution >= 0.6 is 0 Å². The van der Waals surface area contributed by atoms with Gasteiger partial charge in [0, 0.05) is 12.3 Å². The second-order valence-corrected chi connectivity index (χ2v) is 4.53. The third-order valence-corrected chi connectivity index (χ3v) is 3.24. The van der Waals surface area contributed by atoms with E-state index in [9.17, 15) is 0 Å². The fourth-order valence-electron chi connectivity index (χ4n) is 2.09. The van der Waals surface area contributed by atoms with E-state index in [0.29, 0.717) is 5.92 Å². The molecule has 1 aliphatic rings. The van der Waals surface area contributed by atoms with Gasteiger partial charge in [-0.15, -0.1) is 0 Å². The van der Waals surface area contributed by atoms with Crippen molar-refractivity contribution in [2.24, 2.45) is 10.9 Å². The van der Waals surface area contributed by atoms with Crippen LogP contribution in [0.4, 0.5) is 0 Å². The van der Waals surface area contributed by atoms with Crippen molar-refractivity contribution in [1.29, 1.82) is 0 Å². The highest BCUT2D eigenvalue weighted by molar-refractivity contribution is 5.85. The van der Waals surface area contributed by atoms with Crippen LogP contribution in [0, 0.1) is 5.92 Å². The Kier molecular flexibility index (Phi) is 5.53. The lowest BCUT2D eigenvalue weighted by Crippen LogP contribution is -2.33. The Bertz CT molecular complexity index is 260. The Labute approximate surface area is 99.6 Å². The number of nitrogens with zero attached hydrogens (tertiary/aromatic N) is 2. The Morgan fingerprint density at radius 2 is 2.06 bits per heavy atom. The van der Waals surface area contributed by atoms with Crippen LogP contribution in [0.2, 0.25) is 0 Å². The topological polar surface area (TPSA) is 27.6 Å². The first-order chi connectivity index (χ1) is 7.67. The maximum Gasteiger partial charge on any atom is 0.121 e. The van der Waals surface area contributed by atoms with Gasteiger partial charge in [-0.05, 0) is 65.7 Å². The zero-order valence-electron chi connectivity index (χ0n) is 11.1. The molecule has 1 rings (SSSR count).